The third-order valence-corrected chi connectivity index (χ3v) is 6.04. The fourth-order valence-corrected chi connectivity index (χ4v) is 4.31. The maximum absolute atomic E-state index is 12.3. The molecular formula is C16H13N5O2S2. The first-order valence-electron chi connectivity index (χ1n) is 7.17. The number of rotatable bonds is 5. The molecule has 0 saturated carbocycles. The number of hydrogen-bond acceptors (Lipinski definition) is 7. The van der Waals surface area contributed by atoms with Gasteiger partial charge in [-0.2, -0.15) is 5.26 Å². The summed E-state index contributed by atoms with van der Waals surface area (Å²) >= 11 is 1.18. The number of sulfonamides is 1. The molecular weight excluding hydrogens is 358 g/mol. The molecule has 126 valence electrons. The molecule has 3 rings (SSSR count). The van der Waals surface area contributed by atoms with Crippen molar-refractivity contribution in [1.29, 1.82) is 5.26 Å². The summed E-state index contributed by atoms with van der Waals surface area (Å²) in [5.74, 6) is 0.516. The Morgan fingerprint density at radius 2 is 1.76 bits per heavy atom. The standard InChI is InChI=1S/C16H13N5O2S2/c1-11-6-9-16(24-11)25(22,23)21-15-8-7-14(19-20-15)18-13-5-3-2-4-12(13)10-17/h2-9H,1H3,(H,18,19)(H,20,21). The highest BCUT2D eigenvalue weighted by Gasteiger charge is 2.17. The fourth-order valence-electron chi connectivity index (χ4n) is 2.03. The van der Waals surface area contributed by atoms with Gasteiger partial charge in [0.15, 0.2) is 11.6 Å². The number of para-hydroxylation sites is 1. The molecule has 7 nitrogen and oxygen atoms in total. The number of thiophene rings is 1. The second kappa shape index (κ2) is 6.88. The van der Waals surface area contributed by atoms with Crippen molar-refractivity contribution >= 4 is 38.7 Å². The predicted molar refractivity (Wildman–Crippen MR) is 96.3 cm³/mol. The van der Waals surface area contributed by atoms with Crippen molar-refractivity contribution in [3.05, 3.63) is 59.0 Å². The SMILES string of the molecule is Cc1ccc(S(=O)(=O)Nc2ccc(Nc3ccccc3C#N)nn2)s1. The topological polar surface area (TPSA) is 108 Å². The van der Waals surface area contributed by atoms with E-state index < -0.39 is 10.0 Å². The van der Waals surface area contributed by atoms with Crippen molar-refractivity contribution in [2.45, 2.75) is 11.1 Å². The van der Waals surface area contributed by atoms with Crippen LogP contribution in [0.4, 0.5) is 17.3 Å². The Labute approximate surface area is 149 Å². The lowest BCUT2D eigenvalue weighted by Gasteiger charge is -2.08. The molecule has 0 atom stereocenters. The van der Waals surface area contributed by atoms with Crippen LogP contribution in [0.3, 0.4) is 0 Å². The molecule has 1 aromatic carbocycles. The smallest absolute Gasteiger partial charge is 0.272 e. The van der Waals surface area contributed by atoms with E-state index in [2.05, 4.69) is 26.3 Å². The van der Waals surface area contributed by atoms with E-state index >= 15 is 0 Å². The van der Waals surface area contributed by atoms with E-state index in [1.165, 1.54) is 17.4 Å². The van der Waals surface area contributed by atoms with Gasteiger partial charge in [-0.05, 0) is 43.3 Å². The van der Waals surface area contributed by atoms with Crippen LogP contribution in [-0.4, -0.2) is 18.6 Å². The van der Waals surface area contributed by atoms with Gasteiger partial charge in [-0.1, -0.05) is 12.1 Å². The Hall–Kier alpha value is -2.96. The number of aromatic nitrogens is 2. The molecule has 0 spiro atoms. The molecule has 2 heterocycles. The van der Waals surface area contributed by atoms with Gasteiger partial charge in [0.25, 0.3) is 10.0 Å². The lowest BCUT2D eigenvalue weighted by atomic mass is 10.2. The summed E-state index contributed by atoms with van der Waals surface area (Å²) in [5, 5.41) is 19.9. The average Bonchev–Trinajstić information content (AvgIpc) is 3.04. The summed E-state index contributed by atoms with van der Waals surface area (Å²) in [6.45, 7) is 1.84. The average molecular weight is 371 g/mol. The molecule has 0 fully saturated rings. The van der Waals surface area contributed by atoms with Crippen LogP contribution in [0.5, 0.6) is 0 Å². The quantitative estimate of drug-likeness (QED) is 0.713. The van der Waals surface area contributed by atoms with Gasteiger partial charge < -0.3 is 5.32 Å². The summed E-state index contributed by atoms with van der Waals surface area (Å²) in [5.41, 5.74) is 1.07. The molecule has 0 aliphatic rings. The van der Waals surface area contributed by atoms with Crippen molar-refractivity contribution < 1.29 is 8.42 Å². The normalized spacial score (nSPS) is 10.9. The van der Waals surface area contributed by atoms with E-state index in [9.17, 15) is 8.42 Å². The van der Waals surface area contributed by atoms with E-state index in [-0.39, 0.29) is 10.0 Å². The van der Waals surface area contributed by atoms with Gasteiger partial charge in [0.1, 0.15) is 10.3 Å². The van der Waals surface area contributed by atoms with Gasteiger partial charge in [-0.25, -0.2) is 8.42 Å². The van der Waals surface area contributed by atoms with Gasteiger partial charge in [0.05, 0.1) is 11.3 Å². The Bertz CT molecular complexity index is 1040. The number of aryl methyl sites for hydroxylation is 1. The Balaban J connectivity index is 1.76. The molecule has 0 amide bonds. The minimum absolute atomic E-state index is 0.116. The number of nitrogens with one attached hydrogen (secondary N) is 2. The van der Waals surface area contributed by atoms with Crippen LogP contribution >= 0.6 is 11.3 Å². The fraction of sp³-hybridized carbons (Fsp3) is 0.0625. The molecule has 2 aromatic heterocycles. The van der Waals surface area contributed by atoms with E-state index in [1.807, 2.05) is 6.92 Å². The molecule has 0 radical (unpaired) electrons. The molecule has 25 heavy (non-hydrogen) atoms. The third kappa shape index (κ3) is 3.93. The summed E-state index contributed by atoms with van der Waals surface area (Å²) in [6, 6.07) is 15.4. The summed E-state index contributed by atoms with van der Waals surface area (Å²) in [6.07, 6.45) is 0. The zero-order chi connectivity index (χ0) is 17.9. The number of nitriles is 1. The van der Waals surface area contributed by atoms with E-state index in [4.69, 9.17) is 5.26 Å². The first-order chi connectivity index (χ1) is 12.0. The minimum atomic E-state index is -3.67. The summed E-state index contributed by atoms with van der Waals surface area (Å²) < 4.78 is 27.1. The lowest BCUT2D eigenvalue weighted by molar-refractivity contribution is 0.603. The van der Waals surface area contributed by atoms with Crippen molar-refractivity contribution in [3.63, 3.8) is 0 Å². The molecule has 0 aliphatic carbocycles. The van der Waals surface area contributed by atoms with Crippen LogP contribution in [0.25, 0.3) is 0 Å². The van der Waals surface area contributed by atoms with Gasteiger partial charge in [-0.3, -0.25) is 4.72 Å². The van der Waals surface area contributed by atoms with Gasteiger partial charge in [0, 0.05) is 4.88 Å². The molecule has 0 saturated heterocycles. The van der Waals surface area contributed by atoms with Crippen molar-refractivity contribution in [1.82, 2.24) is 10.2 Å². The summed E-state index contributed by atoms with van der Waals surface area (Å²) in [7, 11) is -3.67. The maximum atomic E-state index is 12.3. The number of benzene rings is 1. The maximum Gasteiger partial charge on any atom is 0.272 e. The van der Waals surface area contributed by atoms with Crippen LogP contribution in [0, 0.1) is 18.3 Å². The van der Waals surface area contributed by atoms with E-state index in [0.717, 1.165) is 4.88 Å². The Kier molecular flexibility index (Phi) is 4.65. The zero-order valence-electron chi connectivity index (χ0n) is 13.1. The number of hydrogen-bond donors (Lipinski definition) is 2. The molecule has 0 aliphatic heterocycles. The highest BCUT2D eigenvalue weighted by Crippen LogP contribution is 2.23. The second-order valence-electron chi connectivity index (χ2n) is 5.06. The highest BCUT2D eigenvalue weighted by atomic mass is 32.2. The Morgan fingerprint density at radius 1 is 1.04 bits per heavy atom. The minimum Gasteiger partial charge on any atom is -0.338 e. The Morgan fingerprint density at radius 3 is 2.40 bits per heavy atom. The van der Waals surface area contributed by atoms with E-state index in [0.29, 0.717) is 17.1 Å². The molecule has 0 unspecified atom stereocenters. The van der Waals surface area contributed by atoms with Crippen LogP contribution in [-0.2, 0) is 10.0 Å². The highest BCUT2D eigenvalue weighted by molar-refractivity contribution is 7.94. The van der Waals surface area contributed by atoms with Gasteiger partial charge >= 0.3 is 0 Å². The third-order valence-electron chi connectivity index (χ3n) is 3.19. The molecule has 9 heteroatoms. The lowest BCUT2D eigenvalue weighted by Crippen LogP contribution is -2.13. The van der Waals surface area contributed by atoms with Crippen LogP contribution in [0.2, 0.25) is 0 Å². The number of nitrogens with zero attached hydrogens (tertiary/aromatic N) is 3. The summed E-state index contributed by atoms with van der Waals surface area (Å²) in [4.78, 5) is 0.905. The molecule has 2 N–H and O–H groups in total. The number of anilines is 3. The largest absolute Gasteiger partial charge is 0.338 e. The van der Waals surface area contributed by atoms with Crippen LogP contribution in [0.15, 0.2) is 52.7 Å². The van der Waals surface area contributed by atoms with Crippen LogP contribution < -0.4 is 10.0 Å². The van der Waals surface area contributed by atoms with Gasteiger partial charge in [0.2, 0.25) is 0 Å². The van der Waals surface area contributed by atoms with E-state index in [1.54, 1.807) is 42.5 Å². The van der Waals surface area contributed by atoms with Crippen LogP contribution in [0.1, 0.15) is 10.4 Å². The second-order valence-corrected chi connectivity index (χ2v) is 8.25. The van der Waals surface area contributed by atoms with Crippen molar-refractivity contribution in [2.24, 2.45) is 0 Å². The first kappa shape index (κ1) is 16.9. The predicted octanol–water partition coefficient (Wildman–Crippen LogP) is 3.26. The molecule has 3 aromatic rings. The monoisotopic (exact) mass is 371 g/mol. The molecule has 0 bridgehead atoms. The first-order valence-corrected chi connectivity index (χ1v) is 9.47. The van der Waals surface area contributed by atoms with Gasteiger partial charge in [-0.15, -0.1) is 21.5 Å². The van der Waals surface area contributed by atoms with Crippen molar-refractivity contribution in [3.8, 4) is 6.07 Å². The zero-order valence-corrected chi connectivity index (χ0v) is 14.7. The van der Waals surface area contributed by atoms with Crippen molar-refractivity contribution in [2.75, 3.05) is 10.0 Å².